The molecule has 2 aromatic rings. The van der Waals surface area contributed by atoms with Crippen LogP contribution >= 0.6 is 12.2 Å². The highest BCUT2D eigenvalue weighted by molar-refractivity contribution is 7.80. The lowest BCUT2D eigenvalue weighted by Crippen LogP contribution is -2.30. The summed E-state index contributed by atoms with van der Waals surface area (Å²) in [5, 5.41) is 7.10. The lowest BCUT2D eigenvalue weighted by molar-refractivity contribution is 0.363. The Bertz CT molecular complexity index is 727. The minimum absolute atomic E-state index is 0.129. The van der Waals surface area contributed by atoms with E-state index in [9.17, 15) is 0 Å². The van der Waals surface area contributed by atoms with Crippen LogP contribution in [-0.2, 0) is 0 Å². The van der Waals surface area contributed by atoms with Gasteiger partial charge in [-0.3, -0.25) is 0 Å². The lowest BCUT2D eigenvalue weighted by atomic mass is 10.0. The number of thiocarbonyl (C=S) groups is 1. The van der Waals surface area contributed by atoms with Crippen molar-refractivity contribution < 1.29 is 4.74 Å². The van der Waals surface area contributed by atoms with Crippen LogP contribution in [0.3, 0.4) is 0 Å². The van der Waals surface area contributed by atoms with Gasteiger partial charge in [0.2, 0.25) is 0 Å². The SMILES string of the molecule is C=CCOc1cccc(NC(=S)N[C@@H](C)c2ccc(C)c(C)c2)c1. The van der Waals surface area contributed by atoms with Gasteiger partial charge in [0.15, 0.2) is 5.11 Å². The smallest absolute Gasteiger partial charge is 0.171 e. The molecule has 2 N–H and O–H groups in total. The maximum Gasteiger partial charge on any atom is 0.171 e. The predicted molar refractivity (Wildman–Crippen MR) is 106 cm³/mol. The maximum atomic E-state index is 5.53. The fourth-order valence-corrected chi connectivity index (χ4v) is 2.59. The van der Waals surface area contributed by atoms with Crippen LogP contribution in [0.2, 0.25) is 0 Å². The van der Waals surface area contributed by atoms with E-state index in [0.717, 1.165) is 11.4 Å². The van der Waals surface area contributed by atoms with E-state index in [0.29, 0.717) is 11.7 Å². The molecule has 0 heterocycles. The third-order valence-electron chi connectivity index (χ3n) is 3.84. The van der Waals surface area contributed by atoms with E-state index in [4.69, 9.17) is 17.0 Å². The molecule has 126 valence electrons. The molecule has 0 saturated carbocycles. The number of benzene rings is 2. The van der Waals surface area contributed by atoms with Crippen LogP contribution in [0.25, 0.3) is 0 Å². The molecule has 0 radical (unpaired) electrons. The Balaban J connectivity index is 1.97. The molecule has 0 aromatic heterocycles. The summed E-state index contributed by atoms with van der Waals surface area (Å²) in [7, 11) is 0. The van der Waals surface area contributed by atoms with E-state index in [2.05, 4.69) is 56.2 Å². The summed E-state index contributed by atoms with van der Waals surface area (Å²) in [6.45, 7) is 10.5. The highest BCUT2D eigenvalue weighted by Gasteiger charge is 2.08. The Morgan fingerprint density at radius 2 is 2.00 bits per heavy atom. The second-order valence-corrected chi connectivity index (χ2v) is 6.20. The van der Waals surface area contributed by atoms with Crippen molar-refractivity contribution in [2.45, 2.75) is 26.8 Å². The minimum Gasteiger partial charge on any atom is -0.489 e. The minimum atomic E-state index is 0.129. The number of anilines is 1. The Morgan fingerprint density at radius 1 is 1.21 bits per heavy atom. The first kappa shape index (κ1) is 18.0. The van der Waals surface area contributed by atoms with Crippen LogP contribution in [-0.4, -0.2) is 11.7 Å². The van der Waals surface area contributed by atoms with Crippen molar-refractivity contribution in [3.63, 3.8) is 0 Å². The van der Waals surface area contributed by atoms with Crippen LogP contribution in [0.1, 0.15) is 29.7 Å². The zero-order valence-electron chi connectivity index (χ0n) is 14.4. The second kappa shape index (κ2) is 8.50. The molecule has 0 bridgehead atoms. The van der Waals surface area contributed by atoms with Gasteiger partial charge in [-0.25, -0.2) is 0 Å². The average molecular weight is 340 g/mol. The zero-order valence-corrected chi connectivity index (χ0v) is 15.2. The summed E-state index contributed by atoms with van der Waals surface area (Å²) in [6.07, 6.45) is 1.72. The van der Waals surface area contributed by atoms with Gasteiger partial charge in [0.05, 0.1) is 6.04 Å². The van der Waals surface area contributed by atoms with Crippen molar-refractivity contribution in [1.29, 1.82) is 0 Å². The number of hydrogen-bond donors (Lipinski definition) is 2. The summed E-state index contributed by atoms with van der Waals surface area (Å²) in [6, 6.07) is 14.3. The normalized spacial score (nSPS) is 11.5. The van der Waals surface area contributed by atoms with Gasteiger partial charge in [-0.15, -0.1) is 0 Å². The molecule has 0 fully saturated rings. The van der Waals surface area contributed by atoms with E-state index >= 15 is 0 Å². The van der Waals surface area contributed by atoms with E-state index in [1.165, 1.54) is 16.7 Å². The average Bonchev–Trinajstić information content (AvgIpc) is 2.55. The third kappa shape index (κ3) is 5.10. The van der Waals surface area contributed by atoms with Crippen LogP contribution in [0.5, 0.6) is 5.75 Å². The van der Waals surface area contributed by atoms with Crippen LogP contribution in [0.15, 0.2) is 55.1 Å². The summed E-state index contributed by atoms with van der Waals surface area (Å²) in [4.78, 5) is 0. The Morgan fingerprint density at radius 3 is 2.71 bits per heavy atom. The molecular weight excluding hydrogens is 316 g/mol. The first-order valence-electron chi connectivity index (χ1n) is 7.98. The fraction of sp³-hybridized carbons (Fsp3) is 0.250. The van der Waals surface area contributed by atoms with Gasteiger partial charge in [0.1, 0.15) is 12.4 Å². The molecule has 0 unspecified atom stereocenters. The first-order valence-corrected chi connectivity index (χ1v) is 8.39. The molecule has 2 rings (SSSR count). The van der Waals surface area contributed by atoms with Crippen molar-refractivity contribution in [2.24, 2.45) is 0 Å². The summed E-state index contributed by atoms with van der Waals surface area (Å²) in [5.74, 6) is 0.782. The van der Waals surface area contributed by atoms with Crippen molar-refractivity contribution >= 4 is 23.0 Å². The Kier molecular flexibility index (Phi) is 6.38. The van der Waals surface area contributed by atoms with E-state index in [1.54, 1.807) is 6.08 Å². The number of rotatable bonds is 6. The fourth-order valence-electron chi connectivity index (χ4n) is 2.30. The lowest BCUT2D eigenvalue weighted by Gasteiger charge is -2.18. The molecule has 0 aliphatic heterocycles. The second-order valence-electron chi connectivity index (χ2n) is 5.79. The number of ether oxygens (including phenoxy) is 1. The third-order valence-corrected chi connectivity index (χ3v) is 4.06. The molecule has 0 saturated heterocycles. The van der Waals surface area contributed by atoms with Gasteiger partial charge >= 0.3 is 0 Å². The van der Waals surface area contributed by atoms with E-state index in [-0.39, 0.29) is 6.04 Å². The van der Waals surface area contributed by atoms with Crippen molar-refractivity contribution in [2.75, 3.05) is 11.9 Å². The van der Waals surface area contributed by atoms with Crippen LogP contribution in [0, 0.1) is 13.8 Å². The van der Waals surface area contributed by atoms with Crippen molar-refractivity contribution in [1.82, 2.24) is 5.32 Å². The van der Waals surface area contributed by atoms with Gasteiger partial charge in [0.25, 0.3) is 0 Å². The summed E-state index contributed by atoms with van der Waals surface area (Å²) in [5.41, 5.74) is 4.68. The number of hydrogen-bond acceptors (Lipinski definition) is 2. The molecule has 0 aliphatic rings. The molecule has 0 aliphatic carbocycles. The molecular formula is C20H24N2OS. The molecule has 0 spiro atoms. The standard InChI is InChI=1S/C20H24N2OS/c1-5-11-23-19-8-6-7-18(13-19)22-20(24)21-16(4)17-10-9-14(2)15(3)12-17/h5-10,12-13,16H,1,11H2,2-4H3,(H2,21,22,24)/t16-/m0/s1. The molecule has 1 atom stereocenters. The zero-order chi connectivity index (χ0) is 17.5. The molecule has 2 aromatic carbocycles. The van der Waals surface area contributed by atoms with Crippen molar-refractivity contribution in [3.8, 4) is 5.75 Å². The maximum absolute atomic E-state index is 5.53. The van der Waals surface area contributed by atoms with Crippen LogP contribution < -0.4 is 15.4 Å². The first-order chi connectivity index (χ1) is 11.5. The van der Waals surface area contributed by atoms with Gasteiger partial charge in [0, 0.05) is 11.8 Å². The Hall–Kier alpha value is -2.33. The number of nitrogens with one attached hydrogen (secondary N) is 2. The quantitative estimate of drug-likeness (QED) is 0.578. The van der Waals surface area contributed by atoms with Crippen molar-refractivity contribution in [3.05, 3.63) is 71.8 Å². The number of aryl methyl sites for hydroxylation is 2. The summed E-state index contributed by atoms with van der Waals surface area (Å²) >= 11 is 5.42. The predicted octanol–water partition coefficient (Wildman–Crippen LogP) is 4.92. The molecule has 24 heavy (non-hydrogen) atoms. The van der Waals surface area contributed by atoms with Gasteiger partial charge in [-0.05, 0) is 61.8 Å². The monoisotopic (exact) mass is 340 g/mol. The largest absolute Gasteiger partial charge is 0.489 e. The van der Waals surface area contributed by atoms with Gasteiger partial charge in [-0.1, -0.05) is 36.9 Å². The highest BCUT2D eigenvalue weighted by atomic mass is 32.1. The Labute approximate surface area is 149 Å². The van der Waals surface area contributed by atoms with Gasteiger partial charge in [-0.2, -0.15) is 0 Å². The van der Waals surface area contributed by atoms with Gasteiger partial charge < -0.3 is 15.4 Å². The molecule has 4 heteroatoms. The highest BCUT2D eigenvalue weighted by Crippen LogP contribution is 2.19. The molecule has 3 nitrogen and oxygen atoms in total. The van der Waals surface area contributed by atoms with E-state index < -0.39 is 0 Å². The van der Waals surface area contributed by atoms with Crippen LogP contribution in [0.4, 0.5) is 5.69 Å². The summed E-state index contributed by atoms with van der Waals surface area (Å²) < 4.78 is 5.53. The van der Waals surface area contributed by atoms with E-state index in [1.807, 2.05) is 24.3 Å². The topological polar surface area (TPSA) is 33.3 Å². The molecule has 0 amide bonds.